The summed E-state index contributed by atoms with van der Waals surface area (Å²) in [6.07, 6.45) is 1.27. The number of carbonyl (C=O) groups excluding carboxylic acids is 2. The molecular weight excluding hydrogens is 787 g/mol. The number of rotatable bonds is 7. The van der Waals surface area contributed by atoms with Gasteiger partial charge in [-0.15, -0.1) is 24.8 Å². The number of hydrogen-bond acceptors (Lipinski definition) is 10. The van der Waals surface area contributed by atoms with Gasteiger partial charge in [0, 0.05) is 42.0 Å². The first-order valence-electron chi connectivity index (χ1n) is 15.0. The molecule has 3 fully saturated rings. The number of aromatic amines is 1. The van der Waals surface area contributed by atoms with Crippen LogP contribution < -0.4 is 56.7 Å². The third-order valence-electron chi connectivity index (χ3n) is 9.41. The van der Waals surface area contributed by atoms with E-state index in [1.807, 2.05) is 4.57 Å². The van der Waals surface area contributed by atoms with Gasteiger partial charge in [-0.2, -0.15) is 0 Å². The van der Waals surface area contributed by atoms with Crippen molar-refractivity contribution in [1.82, 2.24) is 14.9 Å². The molecule has 272 valence electrons. The monoisotopic (exact) mass is 818 g/mol. The number of esters is 2. The van der Waals surface area contributed by atoms with Crippen LogP contribution in [0.3, 0.4) is 0 Å². The van der Waals surface area contributed by atoms with E-state index in [1.165, 1.54) is 29.7 Å². The minimum Gasteiger partial charge on any atom is -0.696 e. The van der Waals surface area contributed by atoms with Gasteiger partial charge >= 0.3 is 63.3 Å². The van der Waals surface area contributed by atoms with E-state index in [0.717, 1.165) is 24.2 Å². The Labute approximate surface area is 356 Å². The predicted octanol–water partition coefficient (Wildman–Crippen LogP) is 1.74. The number of hydrogen-bond donors (Lipinski definition) is 4. The van der Waals surface area contributed by atoms with Gasteiger partial charge in [0.15, 0.2) is 4.77 Å². The third kappa shape index (κ3) is 8.68. The smallest absolute Gasteiger partial charge is 0.696 e. The van der Waals surface area contributed by atoms with Crippen LogP contribution >= 0.6 is 37.0 Å². The topological polar surface area (TPSA) is 150 Å². The average Bonchev–Trinajstić information content (AvgIpc) is 3.79. The van der Waals surface area contributed by atoms with Crippen LogP contribution in [-0.2, 0) is 44.3 Å². The van der Waals surface area contributed by atoms with Crippen LogP contribution in [0.25, 0.3) is 0 Å². The molecule has 51 heavy (non-hydrogen) atoms. The number of halogens is 6. The first-order chi connectivity index (χ1) is 22.7. The van der Waals surface area contributed by atoms with E-state index in [2.05, 4.69) is 27.7 Å². The van der Waals surface area contributed by atoms with E-state index >= 15 is 0 Å². The quantitative estimate of drug-likeness (QED) is 0.0529. The van der Waals surface area contributed by atoms with E-state index < -0.39 is 52.5 Å². The molecule has 2 aliphatic heterocycles. The summed E-state index contributed by atoms with van der Waals surface area (Å²) in [5.74, 6) is -7.04. The molecule has 4 N–H and O–H groups in total. The summed E-state index contributed by atoms with van der Waals surface area (Å²) < 4.78 is 65.9. The van der Waals surface area contributed by atoms with Crippen LogP contribution in [0, 0.1) is 44.6 Å². The fourth-order valence-electron chi connectivity index (χ4n) is 7.20. The maximum absolute atomic E-state index is 13.6. The van der Waals surface area contributed by atoms with Crippen LogP contribution in [0.4, 0.5) is 17.6 Å². The van der Waals surface area contributed by atoms with Crippen LogP contribution in [0.15, 0.2) is 36.4 Å². The van der Waals surface area contributed by atoms with Gasteiger partial charge in [-0.05, 0) is 80.2 Å². The standard InChI is InChI=1S/C16H14F2N2O2S.C15H17F2NO4.CHNS.2ClH.K/c1-2-22-14(21)12-13-11-6-16(11,7-20(13)15(23)19-12)8-3-9(17)5-10(18)4-8;1-2-22-13(19)15(20,21)12-11-6-14(11,7-18-12)8-3-9(16)5-10(17)4-8;2-1-3;;;/h3-5,11H,2,6-7H2,1H3,(H,19,23);3-5,11-12,18,20-21H,2,6-7H2,1H3;3H;2*1H;/q;;;;;+1/p-1/t11-,16+;11-,12?,14+;;;;/m00..../s1. The van der Waals surface area contributed by atoms with Crippen molar-refractivity contribution in [1.29, 1.82) is 5.26 Å². The zero-order valence-electron chi connectivity index (χ0n) is 27.5. The summed E-state index contributed by atoms with van der Waals surface area (Å²) in [6, 6.07) is 5.94. The second-order valence-electron chi connectivity index (χ2n) is 12.1. The second-order valence-corrected chi connectivity index (χ2v) is 12.7. The van der Waals surface area contributed by atoms with Gasteiger partial charge in [0.25, 0.3) is 5.79 Å². The second kappa shape index (κ2) is 17.6. The minimum atomic E-state index is -2.66. The van der Waals surface area contributed by atoms with Crippen LogP contribution in [0.2, 0.25) is 0 Å². The van der Waals surface area contributed by atoms with E-state index in [9.17, 15) is 37.4 Å². The third-order valence-corrected chi connectivity index (χ3v) is 9.73. The molecule has 1 saturated heterocycles. The van der Waals surface area contributed by atoms with Gasteiger partial charge in [-0.1, -0.05) is 5.40 Å². The Morgan fingerprint density at radius 2 is 1.47 bits per heavy atom. The first kappa shape index (κ1) is 45.5. The normalized spacial score (nSPS) is 24.0. The summed E-state index contributed by atoms with van der Waals surface area (Å²) in [5.41, 5.74) is 1.28. The van der Waals surface area contributed by atoms with Crippen LogP contribution in [0.5, 0.6) is 0 Å². The largest absolute Gasteiger partial charge is 1.00 e. The molecule has 0 bridgehead atoms. The van der Waals surface area contributed by atoms with Gasteiger partial charge in [0.1, 0.15) is 29.0 Å². The van der Waals surface area contributed by atoms with Gasteiger partial charge in [-0.25, -0.2) is 32.4 Å². The number of imidazole rings is 1. The number of thiocyanates is 1. The molecular formula is C32H33Cl2F4KN4O6S2. The predicted molar refractivity (Wildman–Crippen MR) is 180 cm³/mol. The number of piperidine rings is 1. The fraction of sp³-hybridized carbons (Fsp3) is 0.438. The average molecular weight is 820 g/mol. The molecule has 1 aromatic heterocycles. The molecule has 0 radical (unpaired) electrons. The molecule has 10 nitrogen and oxygen atoms in total. The van der Waals surface area contributed by atoms with Crippen molar-refractivity contribution >= 4 is 61.6 Å². The molecule has 3 aromatic rings. The van der Waals surface area contributed by atoms with Crippen LogP contribution in [-0.4, -0.2) is 63.3 Å². The summed E-state index contributed by atoms with van der Waals surface area (Å²) in [6.45, 7) is 4.43. The summed E-state index contributed by atoms with van der Waals surface area (Å²) >= 11 is 8.98. The van der Waals surface area contributed by atoms with Crippen molar-refractivity contribution in [3.8, 4) is 5.40 Å². The number of fused-ring (bicyclic) bond motifs is 4. The Hall–Kier alpha value is -1.66. The molecule has 3 heterocycles. The molecule has 2 aliphatic carbocycles. The number of aliphatic hydroxyl groups is 2. The number of benzene rings is 2. The van der Waals surface area contributed by atoms with Crippen molar-refractivity contribution in [2.75, 3.05) is 19.8 Å². The Kier molecular flexibility index (Phi) is 15.7. The molecule has 4 aliphatic rings. The van der Waals surface area contributed by atoms with Crippen molar-refractivity contribution in [2.24, 2.45) is 5.92 Å². The maximum atomic E-state index is 13.6. The van der Waals surface area contributed by atoms with Crippen LogP contribution in [0.1, 0.15) is 59.9 Å². The number of aromatic nitrogens is 2. The molecule has 0 amide bonds. The molecule has 19 heteroatoms. The van der Waals surface area contributed by atoms with Crippen molar-refractivity contribution < 1.29 is 98.2 Å². The van der Waals surface area contributed by atoms with Crippen molar-refractivity contribution in [3.63, 3.8) is 0 Å². The Morgan fingerprint density at radius 1 is 0.980 bits per heavy atom. The molecule has 7 rings (SSSR count). The Morgan fingerprint density at radius 3 is 1.94 bits per heavy atom. The maximum Gasteiger partial charge on any atom is 1.00 e. The van der Waals surface area contributed by atoms with E-state index in [0.29, 0.717) is 41.1 Å². The number of nitrogens with one attached hydrogen (secondary N) is 2. The minimum absolute atomic E-state index is 0. The summed E-state index contributed by atoms with van der Waals surface area (Å²) in [5, 5.41) is 31.4. The number of H-pyrrole nitrogens is 1. The van der Waals surface area contributed by atoms with Gasteiger partial charge in [0.2, 0.25) is 0 Å². The molecule has 0 spiro atoms. The molecule has 2 saturated carbocycles. The fourth-order valence-corrected chi connectivity index (χ4v) is 7.47. The zero-order valence-corrected chi connectivity index (χ0v) is 33.9. The van der Waals surface area contributed by atoms with E-state index in [1.54, 1.807) is 13.8 Å². The number of ether oxygens (including phenoxy) is 2. The zero-order chi connectivity index (χ0) is 35.2. The molecule has 2 aromatic carbocycles. The molecule has 5 atom stereocenters. The first-order valence-corrected chi connectivity index (χ1v) is 15.8. The van der Waals surface area contributed by atoms with Gasteiger partial charge < -0.3 is 47.2 Å². The number of nitrogens with zero attached hydrogens (tertiary/aromatic N) is 2. The van der Waals surface area contributed by atoms with E-state index in [4.69, 9.17) is 22.2 Å². The molecule has 1 unspecified atom stereocenters. The SMILES string of the molecule is CCOC(=O)C(O)(O)C1NC[C@@]2(c3cc(F)cc(F)c3)C[C@@H]12.CCOC(=O)c1[nH]c(=S)n2c1[C@@H]1C[C@]1(c1cc(F)cc(F)c1)C2.Cl.Cl.N#C[S-].[K+]. The summed E-state index contributed by atoms with van der Waals surface area (Å²) in [7, 11) is 0. The van der Waals surface area contributed by atoms with E-state index in [-0.39, 0.29) is 107 Å². The van der Waals surface area contributed by atoms with Crippen molar-refractivity contribution in [2.45, 2.75) is 61.8 Å². The van der Waals surface area contributed by atoms with Crippen molar-refractivity contribution in [3.05, 3.63) is 87.0 Å². The summed E-state index contributed by atoms with van der Waals surface area (Å²) in [4.78, 5) is 26.7. The Balaban J connectivity index is 0.000000312. The number of nitriles is 1. The van der Waals surface area contributed by atoms with Gasteiger partial charge in [0.05, 0.1) is 24.9 Å². The number of carbonyl (C=O) groups is 2. The van der Waals surface area contributed by atoms with Gasteiger partial charge in [-0.3, -0.25) is 0 Å². The Bertz CT molecular complexity index is 1840.